The fraction of sp³-hybridized carbons (Fsp3) is 0.200. The Morgan fingerprint density at radius 1 is 1.16 bits per heavy atom. The van der Waals surface area contributed by atoms with Gasteiger partial charge in [-0.05, 0) is 42.8 Å². The van der Waals surface area contributed by atoms with E-state index in [1.807, 2.05) is 31.2 Å². The number of ether oxygens (including phenoxy) is 1. The Morgan fingerprint density at radius 3 is 2.53 bits per heavy atom. The zero-order valence-electron chi connectivity index (χ0n) is 10.8. The SMILES string of the molecule is CCOc1ccc(CNc2ccc(N)c(F)c2)cc1. The number of hydrogen-bond donors (Lipinski definition) is 2. The number of rotatable bonds is 5. The van der Waals surface area contributed by atoms with Crippen LogP contribution in [0.4, 0.5) is 15.8 Å². The van der Waals surface area contributed by atoms with Crippen LogP contribution < -0.4 is 15.8 Å². The molecule has 2 rings (SSSR count). The Bertz CT molecular complexity index is 540. The van der Waals surface area contributed by atoms with Gasteiger partial charge in [0.2, 0.25) is 0 Å². The normalized spacial score (nSPS) is 10.2. The maximum absolute atomic E-state index is 13.3. The fourth-order valence-corrected chi connectivity index (χ4v) is 1.71. The van der Waals surface area contributed by atoms with Gasteiger partial charge in [-0.3, -0.25) is 0 Å². The molecule has 0 unspecified atom stereocenters. The van der Waals surface area contributed by atoms with E-state index < -0.39 is 5.82 Å². The molecule has 0 bridgehead atoms. The highest BCUT2D eigenvalue weighted by molar-refractivity contribution is 5.52. The summed E-state index contributed by atoms with van der Waals surface area (Å²) in [6.45, 7) is 3.23. The van der Waals surface area contributed by atoms with Crippen LogP contribution in [0, 0.1) is 5.82 Å². The van der Waals surface area contributed by atoms with Gasteiger partial charge in [-0.15, -0.1) is 0 Å². The summed E-state index contributed by atoms with van der Waals surface area (Å²) in [4.78, 5) is 0. The van der Waals surface area contributed by atoms with E-state index >= 15 is 0 Å². The molecule has 3 N–H and O–H groups in total. The summed E-state index contributed by atoms with van der Waals surface area (Å²) in [6, 6.07) is 12.5. The van der Waals surface area contributed by atoms with Gasteiger partial charge in [-0.2, -0.15) is 0 Å². The third-order valence-electron chi connectivity index (χ3n) is 2.73. The van der Waals surface area contributed by atoms with Gasteiger partial charge in [0.1, 0.15) is 11.6 Å². The van der Waals surface area contributed by atoms with Crippen molar-refractivity contribution in [1.29, 1.82) is 0 Å². The first kappa shape index (κ1) is 13.2. The predicted octanol–water partition coefficient (Wildman–Crippen LogP) is 3.42. The molecule has 0 aromatic heterocycles. The molecular weight excluding hydrogens is 243 g/mol. The number of halogens is 1. The monoisotopic (exact) mass is 260 g/mol. The molecule has 0 saturated carbocycles. The lowest BCUT2D eigenvalue weighted by atomic mass is 10.2. The van der Waals surface area contributed by atoms with Crippen molar-refractivity contribution in [2.24, 2.45) is 0 Å². The summed E-state index contributed by atoms with van der Waals surface area (Å²) in [5, 5.41) is 3.14. The van der Waals surface area contributed by atoms with Crippen molar-refractivity contribution >= 4 is 11.4 Å². The van der Waals surface area contributed by atoms with Crippen LogP contribution in [0.25, 0.3) is 0 Å². The molecule has 2 aromatic rings. The third-order valence-corrected chi connectivity index (χ3v) is 2.73. The summed E-state index contributed by atoms with van der Waals surface area (Å²) < 4.78 is 18.6. The first-order chi connectivity index (χ1) is 9.19. The molecule has 100 valence electrons. The highest BCUT2D eigenvalue weighted by Crippen LogP contribution is 2.17. The number of nitrogens with one attached hydrogen (secondary N) is 1. The van der Waals surface area contributed by atoms with Crippen molar-refractivity contribution in [2.45, 2.75) is 13.5 Å². The minimum absolute atomic E-state index is 0.159. The zero-order valence-corrected chi connectivity index (χ0v) is 10.8. The topological polar surface area (TPSA) is 47.3 Å². The van der Waals surface area contributed by atoms with Crippen LogP contribution in [-0.2, 0) is 6.54 Å². The van der Waals surface area contributed by atoms with E-state index in [0.717, 1.165) is 11.3 Å². The molecule has 0 amide bonds. The lowest BCUT2D eigenvalue weighted by Gasteiger charge is -2.08. The van der Waals surface area contributed by atoms with Gasteiger partial charge in [0.15, 0.2) is 0 Å². The zero-order chi connectivity index (χ0) is 13.7. The van der Waals surface area contributed by atoms with Crippen molar-refractivity contribution in [3.63, 3.8) is 0 Å². The van der Waals surface area contributed by atoms with E-state index in [1.165, 1.54) is 6.07 Å². The van der Waals surface area contributed by atoms with E-state index in [9.17, 15) is 4.39 Å². The van der Waals surface area contributed by atoms with Gasteiger partial charge < -0.3 is 15.8 Å². The van der Waals surface area contributed by atoms with Crippen molar-refractivity contribution in [2.75, 3.05) is 17.7 Å². The van der Waals surface area contributed by atoms with Crippen molar-refractivity contribution in [3.8, 4) is 5.75 Å². The lowest BCUT2D eigenvalue weighted by molar-refractivity contribution is 0.340. The molecule has 0 aliphatic rings. The second-order valence-corrected chi connectivity index (χ2v) is 4.17. The average molecular weight is 260 g/mol. The number of nitrogens with two attached hydrogens (primary N) is 1. The van der Waals surface area contributed by atoms with Crippen LogP contribution in [0.3, 0.4) is 0 Å². The fourth-order valence-electron chi connectivity index (χ4n) is 1.71. The second kappa shape index (κ2) is 6.09. The Morgan fingerprint density at radius 2 is 1.89 bits per heavy atom. The van der Waals surface area contributed by atoms with Gasteiger partial charge in [0.05, 0.1) is 12.3 Å². The lowest BCUT2D eigenvalue weighted by Crippen LogP contribution is -2.01. The van der Waals surface area contributed by atoms with Crippen molar-refractivity contribution in [3.05, 3.63) is 53.8 Å². The Kier molecular flexibility index (Phi) is 4.23. The third kappa shape index (κ3) is 3.61. The van der Waals surface area contributed by atoms with Gasteiger partial charge in [0, 0.05) is 12.2 Å². The van der Waals surface area contributed by atoms with Crippen LogP contribution >= 0.6 is 0 Å². The number of nitrogen functional groups attached to an aromatic ring is 1. The first-order valence-corrected chi connectivity index (χ1v) is 6.19. The molecule has 4 heteroatoms. The minimum atomic E-state index is -0.406. The standard InChI is InChI=1S/C15H17FN2O/c1-2-19-13-6-3-11(4-7-13)10-18-12-5-8-15(17)14(16)9-12/h3-9,18H,2,10,17H2,1H3. The summed E-state index contributed by atoms with van der Waals surface area (Å²) in [5.41, 5.74) is 7.39. The maximum atomic E-state index is 13.3. The molecule has 0 saturated heterocycles. The summed E-state index contributed by atoms with van der Waals surface area (Å²) >= 11 is 0. The summed E-state index contributed by atoms with van der Waals surface area (Å²) in [5.74, 6) is 0.446. The summed E-state index contributed by atoms with van der Waals surface area (Å²) in [6.07, 6.45) is 0. The molecule has 0 spiro atoms. The van der Waals surface area contributed by atoms with Gasteiger partial charge >= 0.3 is 0 Å². The molecule has 0 fully saturated rings. The molecule has 0 atom stereocenters. The van der Waals surface area contributed by atoms with Gasteiger partial charge in [-0.25, -0.2) is 4.39 Å². The van der Waals surface area contributed by atoms with Crippen molar-refractivity contribution in [1.82, 2.24) is 0 Å². The second-order valence-electron chi connectivity index (χ2n) is 4.17. The van der Waals surface area contributed by atoms with Crippen LogP contribution in [0.15, 0.2) is 42.5 Å². The van der Waals surface area contributed by atoms with Crippen molar-refractivity contribution < 1.29 is 9.13 Å². The smallest absolute Gasteiger partial charge is 0.148 e. The Balaban J connectivity index is 1.96. The number of benzene rings is 2. The first-order valence-electron chi connectivity index (χ1n) is 6.19. The summed E-state index contributed by atoms with van der Waals surface area (Å²) in [7, 11) is 0. The van der Waals surface area contributed by atoms with Gasteiger partial charge in [-0.1, -0.05) is 12.1 Å². The quantitative estimate of drug-likeness (QED) is 0.810. The maximum Gasteiger partial charge on any atom is 0.148 e. The molecule has 0 aliphatic carbocycles. The number of hydrogen-bond acceptors (Lipinski definition) is 3. The molecule has 2 aromatic carbocycles. The largest absolute Gasteiger partial charge is 0.494 e. The molecule has 0 radical (unpaired) electrons. The van der Waals surface area contributed by atoms with Crippen LogP contribution in [0.1, 0.15) is 12.5 Å². The molecule has 19 heavy (non-hydrogen) atoms. The minimum Gasteiger partial charge on any atom is -0.494 e. The van der Waals surface area contributed by atoms with E-state index in [4.69, 9.17) is 10.5 Å². The Labute approximate surface area is 112 Å². The van der Waals surface area contributed by atoms with Crippen LogP contribution in [0.2, 0.25) is 0 Å². The average Bonchev–Trinajstić information content (AvgIpc) is 2.42. The molecule has 0 aliphatic heterocycles. The number of anilines is 2. The van der Waals surface area contributed by atoms with E-state index in [2.05, 4.69) is 5.32 Å². The van der Waals surface area contributed by atoms with Gasteiger partial charge in [0.25, 0.3) is 0 Å². The van der Waals surface area contributed by atoms with E-state index in [0.29, 0.717) is 18.8 Å². The van der Waals surface area contributed by atoms with Crippen LogP contribution in [0.5, 0.6) is 5.75 Å². The van der Waals surface area contributed by atoms with E-state index in [-0.39, 0.29) is 5.69 Å². The van der Waals surface area contributed by atoms with E-state index in [1.54, 1.807) is 12.1 Å². The molecule has 0 heterocycles. The Hall–Kier alpha value is -2.23. The highest BCUT2D eigenvalue weighted by atomic mass is 19.1. The predicted molar refractivity (Wildman–Crippen MR) is 75.8 cm³/mol. The van der Waals surface area contributed by atoms with Crippen LogP contribution in [-0.4, -0.2) is 6.61 Å². The molecule has 3 nitrogen and oxygen atoms in total. The molecular formula is C15H17FN2O. The highest BCUT2D eigenvalue weighted by Gasteiger charge is 2.00.